The lowest BCUT2D eigenvalue weighted by molar-refractivity contribution is -0.137. The number of carbonyl (C=O) groups excluding carboxylic acids is 1. The Morgan fingerprint density at radius 1 is 1.30 bits per heavy atom. The SMILES string of the molecule is CC(C(=O)Nc1cc(C(F)(F)F)ccc1N1CCOCC1)N(C)Cc1ccc(Cl)s1. The second kappa shape index (κ2) is 9.55. The molecule has 1 aromatic heterocycles. The molecule has 164 valence electrons. The Morgan fingerprint density at radius 3 is 2.60 bits per heavy atom. The summed E-state index contributed by atoms with van der Waals surface area (Å²) in [6.07, 6.45) is -4.50. The number of likely N-dealkylation sites (N-methyl/N-ethyl adjacent to an activating group) is 1. The third-order valence-electron chi connectivity index (χ3n) is 5.01. The van der Waals surface area contributed by atoms with Crippen LogP contribution in [0, 0.1) is 0 Å². The van der Waals surface area contributed by atoms with E-state index in [1.807, 2.05) is 15.9 Å². The number of ether oxygens (including phenoxy) is 1. The molecule has 0 spiro atoms. The van der Waals surface area contributed by atoms with Crippen molar-refractivity contribution in [3.63, 3.8) is 0 Å². The normalized spacial score (nSPS) is 16.0. The van der Waals surface area contributed by atoms with E-state index in [0.29, 0.717) is 42.9 Å². The van der Waals surface area contributed by atoms with Crippen LogP contribution in [0.15, 0.2) is 30.3 Å². The average Bonchev–Trinajstić information content (AvgIpc) is 3.11. The number of morpholine rings is 1. The molecule has 1 amide bonds. The van der Waals surface area contributed by atoms with Crippen LogP contribution in [0.1, 0.15) is 17.4 Å². The molecule has 1 aromatic carbocycles. The minimum absolute atomic E-state index is 0.149. The van der Waals surface area contributed by atoms with Gasteiger partial charge in [0.25, 0.3) is 0 Å². The first-order valence-electron chi connectivity index (χ1n) is 9.44. The van der Waals surface area contributed by atoms with Crippen LogP contribution >= 0.6 is 22.9 Å². The quantitative estimate of drug-likeness (QED) is 0.676. The number of alkyl halides is 3. The van der Waals surface area contributed by atoms with E-state index in [2.05, 4.69) is 5.32 Å². The molecule has 1 aliphatic rings. The molecule has 0 aliphatic carbocycles. The lowest BCUT2D eigenvalue weighted by atomic mass is 10.1. The molecule has 0 saturated carbocycles. The Hall–Kier alpha value is -1.81. The van der Waals surface area contributed by atoms with Gasteiger partial charge in [0.15, 0.2) is 0 Å². The van der Waals surface area contributed by atoms with Gasteiger partial charge in [-0.3, -0.25) is 9.69 Å². The Morgan fingerprint density at radius 2 is 2.00 bits per heavy atom. The fourth-order valence-electron chi connectivity index (χ4n) is 3.15. The number of hydrogen-bond donors (Lipinski definition) is 1. The Balaban J connectivity index is 1.79. The molecule has 1 N–H and O–H groups in total. The van der Waals surface area contributed by atoms with Crippen LogP contribution in [0.5, 0.6) is 0 Å². The standard InChI is InChI=1S/C20H23ClF3N3O2S/c1-13(26(2)12-15-4-6-18(21)30-15)19(28)25-16-11-14(20(22,23)24)3-5-17(16)27-7-9-29-10-8-27/h3-6,11,13H,7-10,12H2,1-2H3,(H,25,28). The van der Waals surface area contributed by atoms with Crippen LogP contribution in [-0.4, -0.2) is 50.2 Å². The molecule has 5 nitrogen and oxygen atoms in total. The van der Waals surface area contributed by atoms with Gasteiger partial charge in [-0.1, -0.05) is 11.6 Å². The van der Waals surface area contributed by atoms with Crippen molar-refractivity contribution < 1.29 is 22.7 Å². The number of rotatable bonds is 6. The molecule has 2 aromatic rings. The fourth-order valence-corrected chi connectivity index (χ4v) is 4.30. The first-order valence-corrected chi connectivity index (χ1v) is 10.6. The number of amides is 1. The smallest absolute Gasteiger partial charge is 0.378 e. The van der Waals surface area contributed by atoms with Crippen LogP contribution in [-0.2, 0) is 22.3 Å². The molecular formula is C20H23ClF3N3O2S. The Labute approximate surface area is 182 Å². The molecule has 30 heavy (non-hydrogen) atoms. The summed E-state index contributed by atoms with van der Waals surface area (Å²) >= 11 is 7.38. The summed E-state index contributed by atoms with van der Waals surface area (Å²) in [5.41, 5.74) is -0.0975. The van der Waals surface area contributed by atoms with Crippen LogP contribution in [0.2, 0.25) is 4.34 Å². The molecule has 0 radical (unpaired) electrons. The van der Waals surface area contributed by atoms with Gasteiger partial charge < -0.3 is 15.0 Å². The van der Waals surface area contributed by atoms with Crippen LogP contribution in [0.4, 0.5) is 24.5 Å². The largest absolute Gasteiger partial charge is 0.416 e. The summed E-state index contributed by atoms with van der Waals surface area (Å²) in [7, 11) is 1.78. The molecule has 1 atom stereocenters. The number of hydrogen-bond acceptors (Lipinski definition) is 5. The molecule has 10 heteroatoms. The van der Waals surface area contributed by atoms with E-state index in [1.54, 1.807) is 20.0 Å². The van der Waals surface area contributed by atoms with Crippen LogP contribution in [0.25, 0.3) is 0 Å². The van der Waals surface area contributed by atoms with Gasteiger partial charge in [0.05, 0.1) is 40.5 Å². The summed E-state index contributed by atoms with van der Waals surface area (Å²) in [6.45, 7) is 4.27. The molecule has 3 rings (SSSR count). The number of thiophene rings is 1. The van der Waals surface area contributed by atoms with Gasteiger partial charge in [0, 0.05) is 24.5 Å². The lowest BCUT2D eigenvalue weighted by Gasteiger charge is -2.31. The van der Waals surface area contributed by atoms with Crippen molar-refractivity contribution in [1.29, 1.82) is 0 Å². The zero-order valence-corrected chi connectivity index (χ0v) is 18.2. The van der Waals surface area contributed by atoms with Crippen molar-refractivity contribution in [1.82, 2.24) is 4.90 Å². The predicted molar refractivity (Wildman–Crippen MR) is 113 cm³/mol. The first-order chi connectivity index (χ1) is 14.1. The van der Waals surface area contributed by atoms with E-state index in [9.17, 15) is 18.0 Å². The zero-order valence-electron chi connectivity index (χ0n) is 16.6. The van der Waals surface area contributed by atoms with Gasteiger partial charge in [-0.15, -0.1) is 11.3 Å². The minimum Gasteiger partial charge on any atom is -0.378 e. The number of nitrogens with one attached hydrogen (secondary N) is 1. The maximum Gasteiger partial charge on any atom is 0.416 e. The number of nitrogens with zero attached hydrogens (tertiary/aromatic N) is 2. The first kappa shape index (κ1) is 22.9. The topological polar surface area (TPSA) is 44.8 Å². The Bertz CT molecular complexity index is 884. The summed E-state index contributed by atoms with van der Waals surface area (Å²) in [4.78, 5) is 17.6. The average molecular weight is 462 g/mol. The molecule has 1 unspecified atom stereocenters. The highest BCUT2D eigenvalue weighted by Gasteiger charge is 2.32. The van der Waals surface area contributed by atoms with Crippen LogP contribution in [0.3, 0.4) is 0 Å². The maximum atomic E-state index is 13.2. The van der Waals surface area contributed by atoms with Crippen molar-refractivity contribution in [2.24, 2.45) is 0 Å². The third-order valence-corrected chi connectivity index (χ3v) is 6.22. The highest BCUT2D eigenvalue weighted by molar-refractivity contribution is 7.16. The van der Waals surface area contributed by atoms with Crippen molar-refractivity contribution in [2.45, 2.75) is 25.7 Å². The minimum atomic E-state index is -4.50. The molecule has 1 aliphatic heterocycles. The summed E-state index contributed by atoms with van der Waals surface area (Å²) in [6, 6.07) is 6.56. The Kier molecular flexibility index (Phi) is 7.28. The summed E-state index contributed by atoms with van der Waals surface area (Å²) in [5, 5.41) is 2.71. The summed E-state index contributed by atoms with van der Waals surface area (Å²) in [5.74, 6) is -0.381. The molecule has 1 fully saturated rings. The van der Waals surface area contributed by atoms with Crippen molar-refractivity contribution in [2.75, 3.05) is 43.6 Å². The zero-order chi connectivity index (χ0) is 21.9. The van der Waals surface area contributed by atoms with Crippen molar-refractivity contribution in [3.8, 4) is 0 Å². The van der Waals surface area contributed by atoms with E-state index in [-0.39, 0.29) is 11.6 Å². The number of anilines is 2. The van der Waals surface area contributed by atoms with E-state index in [4.69, 9.17) is 16.3 Å². The van der Waals surface area contributed by atoms with Crippen LogP contribution < -0.4 is 10.2 Å². The van der Waals surface area contributed by atoms with Gasteiger partial charge in [-0.05, 0) is 44.3 Å². The van der Waals surface area contributed by atoms with Gasteiger partial charge in [0.1, 0.15) is 0 Å². The maximum absolute atomic E-state index is 13.2. The predicted octanol–water partition coefficient (Wildman–Crippen LogP) is 4.72. The molecular weight excluding hydrogens is 439 g/mol. The molecule has 0 bridgehead atoms. The second-order valence-electron chi connectivity index (χ2n) is 7.12. The van der Waals surface area contributed by atoms with Gasteiger partial charge in [-0.2, -0.15) is 13.2 Å². The number of benzene rings is 1. The number of carbonyl (C=O) groups is 1. The number of halogens is 4. The van der Waals surface area contributed by atoms with E-state index >= 15 is 0 Å². The van der Waals surface area contributed by atoms with Gasteiger partial charge in [-0.25, -0.2) is 0 Å². The van der Waals surface area contributed by atoms with E-state index in [0.717, 1.165) is 17.0 Å². The van der Waals surface area contributed by atoms with Gasteiger partial charge >= 0.3 is 6.18 Å². The molecule has 2 heterocycles. The third kappa shape index (κ3) is 5.66. The second-order valence-corrected chi connectivity index (χ2v) is 8.91. The lowest BCUT2D eigenvalue weighted by Crippen LogP contribution is -2.40. The summed E-state index contributed by atoms with van der Waals surface area (Å²) < 4.78 is 45.7. The van der Waals surface area contributed by atoms with E-state index < -0.39 is 17.8 Å². The monoisotopic (exact) mass is 461 g/mol. The van der Waals surface area contributed by atoms with Crippen molar-refractivity contribution >= 4 is 40.2 Å². The van der Waals surface area contributed by atoms with Gasteiger partial charge in [0.2, 0.25) is 5.91 Å². The fraction of sp³-hybridized carbons (Fsp3) is 0.450. The van der Waals surface area contributed by atoms with E-state index in [1.165, 1.54) is 17.4 Å². The highest BCUT2D eigenvalue weighted by Crippen LogP contribution is 2.36. The van der Waals surface area contributed by atoms with Crippen molar-refractivity contribution in [3.05, 3.63) is 45.1 Å². The highest BCUT2D eigenvalue weighted by atomic mass is 35.5. The molecule has 1 saturated heterocycles.